The minimum Gasteiger partial charge on any atom is -0.316 e. The van der Waals surface area contributed by atoms with Crippen molar-refractivity contribution in [2.24, 2.45) is 18.9 Å². The van der Waals surface area contributed by atoms with Crippen molar-refractivity contribution in [2.75, 3.05) is 13.1 Å². The molecule has 2 unspecified atom stereocenters. The molecule has 1 aromatic heterocycles. The number of nitrogens with one attached hydrogen (secondary N) is 1. The number of nitrogens with zero attached hydrogens (tertiary/aromatic N) is 2. The van der Waals surface area contributed by atoms with Crippen molar-refractivity contribution < 1.29 is 0 Å². The lowest BCUT2D eigenvalue weighted by molar-refractivity contribution is 0.268. The third-order valence-corrected chi connectivity index (χ3v) is 4.12. The summed E-state index contributed by atoms with van der Waals surface area (Å²) in [6.07, 6.45) is 4.29. The summed E-state index contributed by atoms with van der Waals surface area (Å²) in [6.45, 7) is 4.67. The molecule has 15 heavy (non-hydrogen) atoms. The van der Waals surface area contributed by atoms with Crippen LogP contribution >= 0.6 is 15.9 Å². The molecule has 2 rings (SSSR count). The van der Waals surface area contributed by atoms with Gasteiger partial charge in [-0.1, -0.05) is 6.92 Å². The molecule has 84 valence electrons. The molecule has 0 spiro atoms. The number of rotatable bonds is 2. The van der Waals surface area contributed by atoms with Gasteiger partial charge in [0.15, 0.2) is 0 Å². The molecule has 0 bridgehead atoms. The fraction of sp³-hybridized carbons (Fsp3) is 0.727. The molecule has 3 nitrogen and oxygen atoms in total. The van der Waals surface area contributed by atoms with Crippen LogP contribution in [0, 0.1) is 11.8 Å². The van der Waals surface area contributed by atoms with E-state index in [1.807, 2.05) is 17.9 Å². The van der Waals surface area contributed by atoms with Crippen LogP contribution in [0.4, 0.5) is 0 Å². The van der Waals surface area contributed by atoms with E-state index in [1.54, 1.807) is 0 Å². The van der Waals surface area contributed by atoms with Crippen LogP contribution < -0.4 is 5.32 Å². The van der Waals surface area contributed by atoms with Crippen molar-refractivity contribution in [1.29, 1.82) is 0 Å². The number of hydrogen-bond acceptors (Lipinski definition) is 2. The zero-order valence-electron chi connectivity index (χ0n) is 9.33. The Morgan fingerprint density at radius 2 is 2.47 bits per heavy atom. The molecule has 0 amide bonds. The van der Waals surface area contributed by atoms with Crippen LogP contribution in [0.1, 0.15) is 19.0 Å². The van der Waals surface area contributed by atoms with Gasteiger partial charge in [-0.15, -0.1) is 0 Å². The summed E-state index contributed by atoms with van der Waals surface area (Å²) in [5.74, 6) is 1.55. The van der Waals surface area contributed by atoms with Gasteiger partial charge in [0.25, 0.3) is 0 Å². The standard InChI is InChI=1S/C11H18BrN3/c1-8-3-4-13-6-9(8)5-11-10(12)7-14-15(11)2/h7-9,13H,3-6H2,1-2H3. The predicted octanol–water partition coefficient (Wildman–Crippen LogP) is 1.97. The van der Waals surface area contributed by atoms with Gasteiger partial charge in [-0.25, -0.2) is 0 Å². The van der Waals surface area contributed by atoms with E-state index >= 15 is 0 Å². The van der Waals surface area contributed by atoms with Crippen molar-refractivity contribution in [3.63, 3.8) is 0 Å². The summed E-state index contributed by atoms with van der Waals surface area (Å²) in [5.41, 5.74) is 1.32. The van der Waals surface area contributed by atoms with Crippen LogP contribution in [0.25, 0.3) is 0 Å². The van der Waals surface area contributed by atoms with Crippen molar-refractivity contribution in [1.82, 2.24) is 15.1 Å². The van der Waals surface area contributed by atoms with Crippen molar-refractivity contribution in [3.05, 3.63) is 16.4 Å². The zero-order chi connectivity index (χ0) is 10.8. The fourth-order valence-corrected chi connectivity index (χ4v) is 2.75. The number of piperidine rings is 1. The minimum atomic E-state index is 0.741. The highest BCUT2D eigenvalue weighted by atomic mass is 79.9. The molecule has 1 N–H and O–H groups in total. The molecule has 1 aromatic rings. The van der Waals surface area contributed by atoms with Crippen molar-refractivity contribution in [2.45, 2.75) is 19.8 Å². The number of halogens is 1. The number of aryl methyl sites for hydroxylation is 1. The van der Waals surface area contributed by atoms with E-state index in [0.29, 0.717) is 0 Å². The summed E-state index contributed by atoms with van der Waals surface area (Å²) in [6, 6.07) is 0. The van der Waals surface area contributed by atoms with E-state index in [2.05, 4.69) is 33.3 Å². The average molecular weight is 272 g/mol. The van der Waals surface area contributed by atoms with Gasteiger partial charge in [-0.3, -0.25) is 4.68 Å². The molecular formula is C11H18BrN3. The van der Waals surface area contributed by atoms with Crippen LogP contribution in [0.5, 0.6) is 0 Å². The first-order chi connectivity index (χ1) is 7.18. The maximum absolute atomic E-state index is 4.26. The number of aromatic nitrogens is 2. The van der Waals surface area contributed by atoms with E-state index in [4.69, 9.17) is 0 Å². The highest BCUT2D eigenvalue weighted by Crippen LogP contribution is 2.25. The maximum Gasteiger partial charge on any atom is 0.0635 e. The van der Waals surface area contributed by atoms with Crippen LogP contribution in [0.15, 0.2) is 10.7 Å². The van der Waals surface area contributed by atoms with Gasteiger partial charge in [-0.05, 0) is 53.7 Å². The second kappa shape index (κ2) is 4.66. The average Bonchev–Trinajstić information content (AvgIpc) is 2.53. The summed E-state index contributed by atoms with van der Waals surface area (Å²) in [7, 11) is 2.01. The van der Waals surface area contributed by atoms with E-state index in [9.17, 15) is 0 Å². The molecular weight excluding hydrogens is 254 g/mol. The predicted molar refractivity (Wildman–Crippen MR) is 64.8 cm³/mol. The molecule has 1 fully saturated rings. The van der Waals surface area contributed by atoms with Gasteiger partial charge in [0.05, 0.1) is 16.4 Å². The second-order valence-electron chi connectivity index (χ2n) is 4.50. The first kappa shape index (κ1) is 11.1. The normalized spacial score (nSPS) is 26.9. The first-order valence-corrected chi connectivity index (χ1v) is 6.35. The quantitative estimate of drug-likeness (QED) is 0.892. The molecule has 1 aliphatic heterocycles. The summed E-state index contributed by atoms with van der Waals surface area (Å²) in [5, 5.41) is 7.73. The third-order valence-electron chi connectivity index (χ3n) is 3.45. The molecule has 0 saturated carbocycles. The Morgan fingerprint density at radius 3 is 3.07 bits per heavy atom. The lowest BCUT2D eigenvalue weighted by Gasteiger charge is -2.29. The third kappa shape index (κ3) is 2.42. The van der Waals surface area contributed by atoms with Gasteiger partial charge in [0, 0.05) is 7.05 Å². The molecule has 0 aromatic carbocycles. The van der Waals surface area contributed by atoms with Gasteiger partial charge in [-0.2, -0.15) is 5.10 Å². The van der Waals surface area contributed by atoms with Crippen LogP contribution in [0.2, 0.25) is 0 Å². The molecule has 2 heterocycles. The van der Waals surface area contributed by atoms with Gasteiger partial charge >= 0.3 is 0 Å². The highest BCUT2D eigenvalue weighted by molar-refractivity contribution is 9.10. The van der Waals surface area contributed by atoms with Gasteiger partial charge in [0.1, 0.15) is 0 Å². The van der Waals surface area contributed by atoms with Crippen LogP contribution in [-0.4, -0.2) is 22.9 Å². The summed E-state index contributed by atoms with van der Waals surface area (Å²) >= 11 is 3.56. The lowest BCUT2D eigenvalue weighted by atomic mass is 9.85. The van der Waals surface area contributed by atoms with Crippen LogP contribution in [-0.2, 0) is 13.5 Å². The van der Waals surface area contributed by atoms with Gasteiger partial charge in [0.2, 0.25) is 0 Å². The molecule has 0 aliphatic carbocycles. The Balaban J connectivity index is 2.07. The zero-order valence-corrected chi connectivity index (χ0v) is 10.9. The Morgan fingerprint density at radius 1 is 1.67 bits per heavy atom. The van der Waals surface area contributed by atoms with Crippen molar-refractivity contribution >= 4 is 15.9 Å². The van der Waals surface area contributed by atoms with Crippen molar-refractivity contribution in [3.8, 4) is 0 Å². The Kier molecular flexibility index (Phi) is 3.46. The lowest BCUT2D eigenvalue weighted by Crippen LogP contribution is -2.36. The second-order valence-corrected chi connectivity index (χ2v) is 5.35. The van der Waals surface area contributed by atoms with Gasteiger partial charge < -0.3 is 5.32 Å². The smallest absolute Gasteiger partial charge is 0.0635 e. The van der Waals surface area contributed by atoms with E-state index in [0.717, 1.165) is 29.3 Å². The topological polar surface area (TPSA) is 29.9 Å². The van der Waals surface area contributed by atoms with E-state index in [-0.39, 0.29) is 0 Å². The molecule has 2 atom stereocenters. The first-order valence-electron chi connectivity index (χ1n) is 5.55. The molecule has 1 saturated heterocycles. The monoisotopic (exact) mass is 271 g/mol. The highest BCUT2D eigenvalue weighted by Gasteiger charge is 2.23. The van der Waals surface area contributed by atoms with E-state index < -0.39 is 0 Å². The Labute approximate surface area is 99.4 Å². The fourth-order valence-electron chi connectivity index (χ4n) is 2.24. The molecule has 0 radical (unpaired) electrons. The Hall–Kier alpha value is -0.350. The molecule has 4 heteroatoms. The number of hydrogen-bond donors (Lipinski definition) is 1. The SMILES string of the molecule is CC1CCNCC1Cc1c(Br)cnn1C. The van der Waals surface area contributed by atoms with E-state index in [1.165, 1.54) is 18.7 Å². The summed E-state index contributed by atoms with van der Waals surface area (Å²) in [4.78, 5) is 0. The Bertz CT molecular complexity index is 315. The summed E-state index contributed by atoms with van der Waals surface area (Å²) < 4.78 is 3.12. The molecule has 1 aliphatic rings. The minimum absolute atomic E-state index is 0.741. The maximum atomic E-state index is 4.26. The largest absolute Gasteiger partial charge is 0.316 e. The van der Waals surface area contributed by atoms with Crippen LogP contribution in [0.3, 0.4) is 0 Å².